The fourth-order valence-corrected chi connectivity index (χ4v) is 12.7. The number of unbranched alkanes of at least 4 members (excludes halogenated alkanes) is 4. The number of carbonyl (C=O) groups is 2. The Morgan fingerprint density at radius 2 is 1.25 bits per heavy atom. The van der Waals surface area contributed by atoms with E-state index < -0.39 is 86.3 Å². The van der Waals surface area contributed by atoms with Crippen LogP contribution in [-0.2, 0) is 19.4 Å². The Kier molecular flexibility index (Phi) is 12.6. The zero-order valence-corrected chi connectivity index (χ0v) is 32.3. The van der Waals surface area contributed by atoms with E-state index in [1.54, 1.807) is 35.3 Å². The molecule has 5 rings (SSSR count). The third kappa shape index (κ3) is 8.43. The zero-order chi connectivity index (χ0) is 37.9. The summed E-state index contributed by atoms with van der Waals surface area (Å²) in [6.07, 6.45) is 8.99. The molecule has 3 aliphatic rings. The van der Waals surface area contributed by atoms with Crippen LogP contribution in [0.15, 0.2) is 57.3 Å². The van der Waals surface area contributed by atoms with Gasteiger partial charge in [-0.2, -0.15) is 0 Å². The van der Waals surface area contributed by atoms with Gasteiger partial charge in [0.05, 0.1) is 45.3 Å². The van der Waals surface area contributed by atoms with Gasteiger partial charge in [-0.15, -0.1) is 0 Å². The number of ether oxygens (including phenoxy) is 1. The summed E-state index contributed by atoms with van der Waals surface area (Å²) in [7, 11) is -4.63. The van der Waals surface area contributed by atoms with Gasteiger partial charge in [0.2, 0.25) is 0 Å². The lowest BCUT2D eigenvalue weighted by Gasteiger charge is -2.09. The Morgan fingerprint density at radius 3 is 1.79 bits per heavy atom. The van der Waals surface area contributed by atoms with E-state index >= 15 is 0 Å². The zero-order valence-electron chi connectivity index (χ0n) is 28.3. The van der Waals surface area contributed by atoms with Crippen molar-refractivity contribution in [2.24, 2.45) is 0 Å². The van der Waals surface area contributed by atoms with Gasteiger partial charge in [0.15, 0.2) is 21.4 Å². The topological polar surface area (TPSA) is 207 Å². The molecule has 0 saturated carbocycles. The van der Waals surface area contributed by atoms with Gasteiger partial charge in [-0.25, -0.2) is 8.42 Å². The van der Waals surface area contributed by atoms with Gasteiger partial charge in [0.25, 0.3) is 17.1 Å². The summed E-state index contributed by atoms with van der Waals surface area (Å²) in [5.41, 5.74) is -4.86. The molecule has 2 aromatic carbocycles. The molecule has 2 aromatic rings. The molecule has 0 N–H and O–H groups in total. The van der Waals surface area contributed by atoms with E-state index in [2.05, 4.69) is 13.8 Å². The molecule has 0 saturated heterocycles. The first-order valence-corrected chi connectivity index (χ1v) is 21.2. The normalized spacial score (nSPS) is 15.4. The number of benzene rings is 2. The number of sulfone groups is 1. The highest BCUT2D eigenvalue weighted by Gasteiger charge is 2.42. The average Bonchev–Trinajstić information content (AvgIpc) is 3.76. The fraction of sp³-hybridized carbons (Fsp3) is 0.394. The first kappa shape index (κ1) is 39.6. The SMILES string of the molecule is CCCCCC1=C(CCCCC)SC(=C2SC(C)=C(COC(=O)CS(=O)(=O)c3cc4c(c([N+](=O)[O-])c3)-c3c(cc([N+](=O)[O-])cc3[N+](=O)[O-])C4=O)S2)S1. The second-order valence-corrected chi connectivity index (χ2v) is 19.0. The summed E-state index contributed by atoms with van der Waals surface area (Å²) in [6.45, 7) is 6.07. The number of nitro benzene ring substituents is 3. The van der Waals surface area contributed by atoms with Crippen LogP contribution in [0, 0.1) is 30.3 Å². The lowest BCUT2D eigenvalue weighted by molar-refractivity contribution is -0.394. The second-order valence-electron chi connectivity index (χ2n) is 12.0. The molecule has 0 spiro atoms. The molecule has 0 fully saturated rings. The van der Waals surface area contributed by atoms with Gasteiger partial charge in [0, 0.05) is 42.9 Å². The molecular weight excluding hydrogens is 775 g/mol. The summed E-state index contributed by atoms with van der Waals surface area (Å²) in [4.78, 5) is 62.2. The van der Waals surface area contributed by atoms with Crippen molar-refractivity contribution in [3.05, 3.63) is 93.8 Å². The van der Waals surface area contributed by atoms with Crippen molar-refractivity contribution in [2.75, 3.05) is 12.4 Å². The van der Waals surface area contributed by atoms with E-state index in [0.29, 0.717) is 12.1 Å². The maximum atomic E-state index is 13.4. The minimum absolute atomic E-state index is 0.190. The first-order valence-electron chi connectivity index (χ1n) is 16.3. The van der Waals surface area contributed by atoms with Crippen molar-refractivity contribution in [2.45, 2.75) is 77.0 Å². The highest BCUT2D eigenvalue weighted by molar-refractivity contribution is 8.34. The van der Waals surface area contributed by atoms with Crippen LogP contribution in [0.5, 0.6) is 0 Å². The van der Waals surface area contributed by atoms with Gasteiger partial charge in [0.1, 0.15) is 6.61 Å². The van der Waals surface area contributed by atoms with Crippen molar-refractivity contribution in [3.63, 3.8) is 0 Å². The van der Waals surface area contributed by atoms with Crippen LogP contribution in [0.4, 0.5) is 17.1 Å². The van der Waals surface area contributed by atoms with E-state index in [1.165, 1.54) is 38.7 Å². The van der Waals surface area contributed by atoms with E-state index in [0.717, 1.165) is 64.7 Å². The number of nitro groups is 3. The molecule has 276 valence electrons. The number of fused-ring (bicyclic) bond motifs is 3. The number of esters is 1. The molecule has 0 aromatic heterocycles. The number of rotatable bonds is 16. The van der Waals surface area contributed by atoms with Crippen molar-refractivity contribution >= 4 is 85.7 Å². The number of hydrogen-bond acceptors (Lipinski definition) is 15. The minimum Gasteiger partial charge on any atom is -0.459 e. The number of nitrogens with zero attached hydrogens (tertiary/aromatic N) is 3. The molecule has 19 heteroatoms. The highest BCUT2D eigenvalue weighted by Crippen LogP contribution is 2.61. The summed E-state index contributed by atoms with van der Waals surface area (Å²) in [5.74, 6) is -3.40. The summed E-state index contributed by atoms with van der Waals surface area (Å²) >= 11 is 6.66. The Labute approximate surface area is 316 Å². The van der Waals surface area contributed by atoms with E-state index in [1.807, 2.05) is 6.92 Å². The molecule has 0 unspecified atom stereocenters. The average molecular weight is 808 g/mol. The summed E-state index contributed by atoms with van der Waals surface area (Å²) in [5, 5.41) is 35.3. The Balaban J connectivity index is 1.30. The molecule has 0 atom stereocenters. The Bertz CT molecular complexity index is 2080. The number of hydrogen-bond donors (Lipinski definition) is 0. The van der Waals surface area contributed by atoms with Crippen LogP contribution in [0.2, 0.25) is 0 Å². The maximum absolute atomic E-state index is 13.4. The van der Waals surface area contributed by atoms with Crippen LogP contribution in [0.25, 0.3) is 11.1 Å². The van der Waals surface area contributed by atoms with E-state index in [4.69, 9.17) is 4.74 Å². The Morgan fingerprint density at radius 1 is 0.731 bits per heavy atom. The van der Waals surface area contributed by atoms with E-state index in [-0.39, 0.29) is 6.61 Å². The smallest absolute Gasteiger partial charge is 0.321 e. The number of ketones is 1. The Hall–Kier alpha value is -3.65. The number of allylic oxidation sites excluding steroid dienone is 3. The quantitative estimate of drug-likeness (QED) is 0.0571. The number of non-ortho nitro benzene ring substituents is 1. The van der Waals surface area contributed by atoms with Gasteiger partial charge in [-0.1, -0.05) is 86.6 Å². The number of thioether (sulfide) groups is 4. The molecule has 2 aliphatic heterocycles. The van der Waals surface area contributed by atoms with Gasteiger partial charge in [-0.05, 0) is 38.7 Å². The van der Waals surface area contributed by atoms with Crippen LogP contribution in [0.3, 0.4) is 0 Å². The monoisotopic (exact) mass is 807 g/mol. The first-order chi connectivity index (χ1) is 24.7. The molecule has 0 bridgehead atoms. The van der Waals surface area contributed by atoms with Gasteiger partial charge in [-0.3, -0.25) is 39.9 Å². The number of carbonyl (C=O) groups excluding carboxylic acids is 2. The predicted octanol–water partition coefficient (Wildman–Crippen LogP) is 9.63. The third-order valence-corrected chi connectivity index (χ3v) is 15.9. The van der Waals surface area contributed by atoms with Crippen LogP contribution in [0.1, 0.15) is 88.1 Å². The van der Waals surface area contributed by atoms with Crippen molar-refractivity contribution in [1.29, 1.82) is 0 Å². The lowest BCUT2D eigenvalue weighted by atomic mass is 10.0. The van der Waals surface area contributed by atoms with Crippen LogP contribution < -0.4 is 0 Å². The van der Waals surface area contributed by atoms with Gasteiger partial charge < -0.3 is 4.74 Å². The van der Waals surface area contributed by atoms with E-state index in [9.17, 15) is 48.3 Å². The van der Waals surface area contributed by atoms with Crippen LogP contribution >= 0.6 is 47.0 Å². The van der Waals surface area contributed by atoms with Crippen molar-refractivity contribution < 1.29 is 37.5 Å². The molecule has 0 amide bonds. The highest BCUT2D eigenvalue weighted by atomic mass is 32.2. The molecular formula is C33H33N3O11S5. The maximum Gasteiger partial charge on any atom is 0.321 e. The summed E-state index contributed by atoms with van der Waals surface area (Å²) in [6, 6.07) is 2.72. The molecule has 52 heavy (non-hydrogen) atoms. The standard InChI is InChI=1S/C33H33N3O11S5/c1-4-6-8-10-25-26(11-9-7-5-2)50-33(49-25)32-48-18(3)27(51-32)16-47-28(37)17-52(45,46)20-14-22-30(24(15-20)36(43)44)29-21(31(22)38)12-19(34(39)40)13-23(29)35(41)42/h12-15H,4-11,16-17H2,1-3H3. The van der Waals surface area contributed by atoms with Crippen molar-refractivity contribution in [3.8, 4) is 11.1 Å². The van der Waals surface area contributed by atoms with Crippen LogP contribution in [-0.4, -0.2) is 47.3 Å². The molecule has 2 heterocycles. The lowest BCUT2D eigenvalue weighted by Crippen LogP contribution is -2.20. The van der Waals surface area contributed by atoms with Crippen molar-refractivity contribution in [1.82, 2.24) is 0 Å². The molecule has 1 aliphatic carbocycles. The predicted molar refractivity (Wildman–Crippen MR) is 204 cm³/mol. The van der Waals surface area contributed by atoms with Gasteiger partial charge >= 0.3 is 5.97 Å². The largest absolute Gasteiger partial charge is 0.459 e. The minimum atomic E-state index is -4.63. The second kappa shape index (κ2) is 16.6. The fourth-order valence-electron chi connectivity index (χ4n) is 5.75. The summed E-state index contributed by atoms with van der Waals surface area (Å²) < 4.78 is 34.4. The third-order valence-electron chi connectivity index (χ3n) is 8.35. The molecule has 14 nitrogen and oxygen atoms in total. The molecule has 0 radical (unpaired) electrons.